The number of nitrogen functional groups attached to an aromatic ring is 1. The Labute approximate surface area is 104 Å². The van der Waals surface area contributed by atoms with Crippen LogP contribution >= 0.6 is 0 Å². The summed E-state index contributed by atoms with van der Waals surface area (Å²) in [6.45, 7) is 5.77. The topological polar surface area (TPSA) is 61.0 Å². The van der Waals surface area contributed by atoms with E-state index in [1.165, 1.54) is 25.7 Å². The molecule has 0 saturated carbocycles. The van der Waals surface area contributed by atoms with Gasteiger partial charge in [0.15, 0.2) is 0 Å². The lowest BCUT2D eigenvalue weighted by molar-refractivity contribution is 0.0798. The summed E-state index contributed by atoms with van der Waals surface area (Å²) in [6.07, 6.45) is 8.19. The number of nitrogens with zero attached hydrogens (tertiary/aromatic N) is 2. The zero-order valence-electron chi connectivity index (χ0n) is 10.9. The molecule has 0 spiro atoms. The van der Waals surface area contributed by atoms with Crippen molar-refractivity contribution >= 4 is 5.82 Å². The van der Waals surface area contributed by atoms with Crippen LogP contribution in [0, 0.1) is 5.92 Å². The highest BCUT2D eigenvalue weighted by Crippen LogP contribution is 2.13. The number of hydrogen-bond donors (Lipinski definition) is 1. The third-order valence-corrected chi connectivity index (χ3v) is 2.87. The normalized spacial score (nSPS) is 12.6. The van der Waals surface area contributed by atoms with Crippen LogP contribution in [0.1, 0.15) is 45.2 Å². The van der Waals surface area contributed by atoms with Gasteiger partial charge in [0.1, 0.15) is 5.82 Å². The first-order valence-corrected chi connectivity index (χ1v) is 6.40. The monoisotopic (exact) mass is 237 g/mol. The summed E-state index contributed by atoms with van der Waals surface area (Å²) in [5, 5.41) is 0. The lowest BCUT2D eigenvalue weighted by Crippen LogP contribution is -2.09. The number of ether oxygens (including phenoxy) is 1. The molecule has 0 aromatic carbocycles. The molecule has 0 aliphatic carbocycles. The summed E-state index contributed by atoms with van der Waals surface area (Å²) < 4.78 is 5.67. The first kappa shape index (κ1) is 13.9. The molecule has 1 rings (SSSR count). The predicted octanol–water partition coefficient (Wildman–Crippen LogP) is 2.79. The maximum Gasteiger partial charge on any atom is 0.141 e. The van der Waals surface area contributed by atoms with Crippen molar-refractivity contribution in [1.82, 2.24) is 9.97 Å². The van der Waals surface area contributed by atoms with Crippen LogP contribution in [0.25, 0.3) is 0 Å². The van der Waals surface area contributed by atoms with E-state index in [0.717, 1.165) is 12.3 Å². The Morgan fingerprint density at radius 3 is 2.71 bits per heavy atom. The minimum absolute atomic E-state index is 0.447. The number of aromatic nitrogens is 2. The van der Waals surface area contributed by atoms with E-state index in [9.17, 15) is 0 Å². The van der Waals surface area contributed by atoms with Crippen LogP contribution in [0.5, 0.6) is 0 Å². The third-order valence-electron chi connectivity index (χ3n) is 2.87. The van der Waals surface area contributed by atoms with Crippen molar-refractivity contribution in [1.29, 1.82) is 0 Å². The molecule has 0 fully saturated rings. The largest absolute Gasteiger partial charge is 0.382 e. The van der Waals surface area contributed by atoms with Crippen molar-refractivity contribution in [3.63, 3.8) is 0 Å². The van der Waals surface area contributed by atoms with Gasteiger partial charge in [-0.3, -0.25) is 4.98 Å². The van der Waals surface area contributed by atoms with Crippen molar-refractivity contribution < 1.29 is 4.74 Å². The van der Waals surface area contributed by atoms with Crippen molar-refractivity contribution in [2.24, 2.45) is 5.92 Å². The second kappa shape index (κ2) is 8.01. The average molecular weight is 237 g/mol. The molecule has 17 heavy (non-hydrogen) atoms. The molecule has 0 saturated heterocycles. The first-order valence-electron chi connectivity index (χ1n) is 6.40. The molecule has 4 nitrogen and oxygen atoms in total. The smallest absolute Gasteiger partial charge is 0.141 e. The van der Waals surface area contributed by atoms with E-state index in [-0.39, 0.29) is 0 Å². The average Bonchev–Trinajstić information content (AvgIpc) is 2.36. The molecule has 0 aliphatic rings. The highest BCUT2D eigenvalue weighted by atomic mass is 16.5. The van der Waals surface area contributed by atoms with Gasteiger partial charge in [-0.15, -0.1) is 0 Å². The van der Waals surface area contributed by atoms with E-state index < -0.39 is 0 Å². The second-order valence-electron chi connectivity index (χ2n) is 4.36. The van der Waals surface area contributed by atoms with Gasteiger partial charge >= 0.3 is 0 Å². The summed E-state index contributed by atoms with van der Waals surface area (Å²) in [5.74, 6) is 1.11. The van der Waals surface area contributed by atoms with Crippen molar-refractivity contribution in [3.05, 3.63) is 18.1 Å². The summed E-state index contributed by atoms with van der Waals surface area (Å²) in [7, 11) is 0. The number of hydrogen-bond acceptors (Lipinski definition) is 4. The van der Waals surface area contributed by atoms with E-state index in [2.05, 4.69) is 23.8 Å². The van der Waals surface area contributed by atoms with Crippen molar-refractivity contribution in [2.45, 2.75) is 46.1 Å². The van der Waals surface area contributed by atoms with Crippen molar-refractivity contribution in [3.8, 4) is 0 Å². The molecule has 1 aromatic heterocycles. The zero-order chi connectivity index (χ0) is 12.5. The fraction of sp³-hybridized carbons (Fsp3) is 0.692. The summed E-state index contributed by atoms with van der Waals surface area (Å²) in [5.41, 5.74) is 6.30. The highest BCUT2D eigenvalue weighted by molar-refractivity contribution is 5.22. The molecule has 2 N–H and O–H groups in total. The molecule has 1 aromatic rings. The Morgan fingerprint density at radius 2 is 2.12 bits per heavy atom. The van der Waals surface area contributed by atoms with Gasteiger partial charge in [-0.05, 0) is 12.3 Å². The summed E-state index contributed by atoms with van der Waals surface area (Å²) >= 11 is 0. The molecular formula is C13H23N3O. The van der Waals surface area contributed by atoms with Crippen LogP contribution in [0.4, 0.5) is 5.82 Å². The molecule has 0 radical (unpaired) electrons. The van der Waals surface area contributed by atoms with Crippen LogP contribution in [-0.4, -0.2) is 16.6 Å². The minimum atomic E-state index is 0.447. The van der Waals surface area contributed by atoms with E-state index in [1.54, 1.807) is 12.4 Å². The van der Waals surface area contributed by atoms with Crippen LogP contribution in [0.15, 0.2) is 12.4 Å². The van der Waals surface area contributed by atoms with E-state index >= 15 is 0 Å². The molecule has 0 aliphatic heterocycles. The standard InChI is InChI=1S/C13H23N3O/c1-3-5-6-11(4-2)9-17-10-12-7-16-13(14)8-15-12/h7-8,11H,3-6,9-10H2,1-2H3,(H2,14,16). The van der Waals surface area contributed by atoms with Crippen LogP contribution < -0.4 is 5.73 Å². The molecule has 1 unspecified atom stereocenters. The first-order chi connectivity index (χ1) is 8.26. The third kappa shape index (κ3) is 5.63. The maximum atomic E-state index is 5.67. The van der Waals surface area contributed by atoms with E-state index in [4.69, 9.17) is 10.5 Å². The van der Waals surface area contributed by atoms with E-state index in [0.29, 0.717) is 18.3 Å². The molecule has 1 atom stereocenters. The van der Waals surface area contributed by atoms with Gasteiger partial charge in [0.2, 0.25) is 0 Å². The summed E-state index contributed by atoms with van der Waals surface area (Å²) in [6, 6.07) is 0. The van der Waals surface area contributed by atoms with Gasteiger partial charge < -0.3 is 10.5 Å². The fourth-order valence-electron chi connectivity index (χ4n) is 1.67. The molecule has 1 heterocycles. The molecule has 0 bridgehead atoms. The van der Waals surface area contributed by atoms with Gasteiger partial charge in [0.05, 0.1) is 24.7 Å². The van der Waals surface area contributed by atoms with Gasteiger partial charge in [-0.25, -0.2) is 4.98 Å². The Kier molecular flexibility index (Phi) is 6.55. The van der Waals surface area contributed by atoms with Gasteiger partial charge in [0.25, 0.3) is 0 Å². The van der Waals surface area contributed by atoms with Gasteiger partial charge in [-0.2, -0.15) is 0 Å². The minimum Gasteiger partial charge on any atom is -0.382 e. The predicted molar refractivity (Wildman–Crippen MR) is 69.4 cm³/mol. The van der Waals surface area contributed by atoms with Crippen LogP contribution in [0.3, 0.4) is 0 Å². The number of anilines is 1. The quantitative estimate of drug-likeness (QED) is 0.755. The molecule has 96 valence electrons. The van der Waals surface area contributed by atoms with Crippen molar-refractivity contribution in [2.75, 3.05) is 12.3 Å². The number of rotatable bonds is 8. The SMILES string of the molecule is CCCCC(CC)COCc1cnc(N)cn1. The Hall–Kier alpha value is -1.16. The number of nitrogens with two attached hydrogens (primary N) is 1. The van der Waals surface area contributed by atoms with Gasteiger partial charge in [-0.1, -0.05) is 33.1 Å². The Bertz CT molecular complexity index is 300. The molecule has 4 heteroatoms. The van der Waals surface area contributed by atoms with Crippen LogP contribution in [0.2, 0.25) is 0 Å². The fourth-order valence-corrected chi connectivity index (χ4v) is 1.67. The van der Waals surface area contributed by atoms with Crippen LogP contribution in [-0.2, 0) is 11.3 Å². The lowest BCUT2D eigenvalue weighted by atomic mass is 10.0. The second-order valence-corrected chi connectivity index (χ2v) is 4.36. The molecular weight excluding hydrogens is 214 g/mol. The maximum absolute atomic E-state index is 5.67. The Morgan fingerprint density at radius 1 is 1.29 bits per heavy atom. The summed E-state index contributed by atoms with van der Waals surface area (Å²) in [4.78, 5) is 8.13. The number of unbranched alkanes of at least 4 members (excludes halogenated alkanes) is 1. The zero-order valence-corrected chi connectivity index (χ0v) is 10.9. The van der Waals surface area contributed by atoms with E-state index in [1.807, 2.05) is 0 Å². The van der Waals surface area contributed by atoms with Gasteiger partial charge in [0, 0.05) is 6.61 Å². The molecule has 0 amide bonds. The Balaban J connectivity index is 2.23. The highest BCUT2D eigenvalue weighted by Gasteiger charge is 2.06. The lowest BCUT2D eigenvalue weighted by Gasteiger charge is -2.14.